The minimum Gasteiger partial charge on any atom is -0.487 e. The van der Waals surface area contributed by atoms with Gasteiger partial charge in [-0.15, -0.1) is 10.2 Å². The minimum absolute atomic E-state index is 0.273. The van der Waals surface area contributed by atoms with E-state index in [-0.39, 0.29) is 12.1 Å². The molecule has 0 radical (unpaired) electrons. The van der Waals surface area contributed by atoms with E-state index in [0.29, 0.717) is 54.4 Å². The van der Waals surface area contributed by atoms with Crippen LogP contribution in [0.15, 0.2) is 55.4 Å². The van der Waals surface area contributed by atoms with Gasteiger partial charge in [-0.2, -0.15) is 10.4 Å². The molecule has 1 saturated carbocycles. The van der Waals surface area contributed by atoms with Crippen molar-refractivity contribution in [2.75, 3.05) is 38.2 Å². The Bertz CT molecular complexity index is 1870. The third kappa shape index (κ3) is 8.07. The highest BCUT2D eigenvalue weighted by Gasteiger charge is 2.29. The lowest BCUT2D eigenvalue weighted by atomic mass is 9.90. The summed E-state index contributed by atoms with van der Waals surface area (Å²) in [6.07, 6.45) is 13.7. The van der Waals surface area contributed by atoms with Crippen LogP contribution in [0.4, 0.5) is 11.6 Å². The van der Waals surface area contributed by atoms with Crippen molar-refractivity contribution in [1.82, 2.24) is 54.6 Å². The van der Waals surface area contributed by atoms with Crippen LogP contribution in [0.5, 0.6) is 11.6 Å². The van der Waals surface area contributed by atoms with Gasteiger partial charge in [-0.05, 0) is 66.8 Å². The highest BCUT2D eigenvalue weighted by Crippen LogP contribution is 2.35. The zero-order chi connectivity index (χ0) is 34.3. The molecule has 16 heteroatoms. The number of nitrogens with zero attached hydrogens (tertiary/aromatic N) is 12. The molecule has 2 aliphatic rings. The zero-order valence-corrected chi connectivity index (χ0v) is 28.3. The van der Waals surface area contributed by atoms with E-state index in [1.54, 1.807) is 27.8 Å². The summed E-state index contributed by atoms with van der Waals surface area (Å²) in [4.78, 5) is 11.8. The van der Waals surface area contributed by atoms with Crippen molar-refractivity contribution < 1.29 is 14.2 Å². The summed E-state index contributed by atoms with van der Waals surface area (Å²) in [6.45, 7) is 6.44. The van der Waals surface area contributed by atoms with E-state index >= 15 is 0 Å². The number of hydrogen-bond acceptors (Lipinski definition) is 13. The van der Waals surface area contributed by atoms with Gasteiger partial charge in [0.1, 0.15) is 29.9 Å². The molecule has 1 aromatic carbocycles. The molecule has 7 rings (SSSR count). The minimum atomic E-state index is -0.273. The molecule has 260 valence electrons. The first-order valence-corrected chi connectivity index (χ1v) is 17.0. The Kier molecular flexibility index (Phi) is 10.2. The number of ether oxygens (including phenoxy) is 3. The van der Waals surface area contributed by atoms with Crippen LogP contribution in [0.1, 0.15) is 49.9 Å². The quantitative estimate of drug-likeness (QED) is 0.192. The Labute approximate surface area is 290 Å². The highest BCUT2D eigenvalue weighted by molar-refractivity contribution is 5.67. The predicted octanol–water partition coefficient (Wildman–Crippen LogP) is 3.58. The number of aryl methyl sites for hydroxylation is 1. The molecule has 1 N–H and O–H groups in total. The van der Waals surface area contributed by atoms with Crippen LogP contribution >= 0.6 is 0 Å². The summed E-state index contributed by atoms with van der Waals surface area (Å²) in [5, 5.41) is 33.6. The van der Waals surface area contributed by atoms with E-state index in [9.17, 15) is 5.26 Å². The van der Waals surface area contributed by atoms with E-state index in [1.165, 1.54) is 6.33 Å². The van der Waals surface area contributed by atoms with Crippen LogP contribution in [-0.4, -0.2) is 99.7 Å². The molecule has 0 bridgehead atoms. The fourth-order valence-electron chi connectivity index (χ4n) is 6.57. The Morgan fingerprint density at radius 3 is 2.56 bits per heavy atom. The van der Waals surface area contributed by atoms with Crippen LogP contribution in [0.3, 0.4) is 0 Å². The third-order valence-electron chi connectivity index (χ3n) is 9.16. The first-order chi connectivity index (χ1) is 24.5. The second-order valence-electron chi connectivity index (χ2n) is 12.7. The lowest BCUT2D eigenvalue weighted by Crippen LogP contribution is -2.45. The Morgan fingerprint density at radius 2 is 1.84 bits per heavy atom. The van der Waals surface area contributed by atoms with Gasteiger partial charge < -0.3 is 19.5 Å². The van der Waals surface area contributed by atoms with Gasteiger partial charge in [0, 0.05) is 56.8 Å². The van der Waals surface area contributed by atoms with Crippen molar-refractivity contribution in [3.63, 3.8) is 0 Å². The second kappa shape index (κ2) is 15.4. The van der Waals surface area contributed by atoms with Crippen LogP contribution < -0.4 is 14.8 Å². The Hall–Kier alpha value is -5.40. The summed E-state index contributed by atoms with van der Waals surface area (Å²) >= 11 is 0. The third-order valence-corrected chi connectivity index (χ3v) is 9.16. The lowest BCUT2D eigenvalue weighted by Gasteiger charge is -2.38. The average molecular weight is 680 g/mol. The van der Waals surface area contributed by atoms with Crippen molar-refractivity contribution in [3.8, 4) is 28.8 Å². The largest absolute Gasteiger partial charge is 0.487 e. The Balaban J connectivity index is 1.04. The van der Waals surface area contributed by atoms with Crippen molar-refractivity contribution >= 4 is 11.6 Å². The normalized spacial score (nSPS) is 18.7. The van der Waals surface area contributed by atoms with Crippen LogP contribution in [0.25, 0.3) is 11.1 Å². The number of hydrogen-bond donors (Lipinski definition) is 1. The summed E-state index contributed by atoms with van der Waals surface area (Å²) in [7, 11) is 1.90. The van der Waals surface area contributed by atoms with E-state index in [2.05, 4.69) is 46.9 Å². The number of nitrogens with one attached hydrogen (secondary N) is 1. The number of benzene rings is 1. The first-order valence-electron chi connectivity index (χ1n) is 17.0. The molecular weight excluding hydrogens is 638 g/mol. The molecule has 16 nitrogen and oxygen atoms in total. The Morgan fingerprint density at radius 1 is 1.04 bits per heavy atom. The monoisotopic (exact) mass is 679 g/mol. The smallest absolute Gasteiger partial charge is 0.256 e. The second-order valence-corrected chi connectivity index (χ2v) is 12.7. The fourth-order valence-corrected chi connectivity index (χ4v) is 6.57. The molecule has 4 aromatic heterocycles. The number of tetrazole rings is 1. The van der Waals surface area contributed by atoms with E-state index < -0.39 is 0 Å². The summed E-state index contributed by atoms with van der Waals surface area (Å²) < 4.78 is 23.3. The maximum Gasteiger partial charge on any atom is 0.256 e. The molecule has 5 aromatic rings. The molecular formula is C34H41N13O3. The van der Waals surface area contributed by atoms with Gasteiger partial charge in [0.05, 0.1) is 49.9 Å². The van der Waals surface area contributed by atoms with Crippen molar-refractivity contribution in [1.29, 1.82) is 5.26 Å². The molecule has 5 heterocycles. The maximum absolute atomic E-state index is 9.68. The van der Waals surface area contributed by atoms with Crippen molar-refractivity contribution in [2.24, 2.45) is 7.05 Å². The van der Waals surface area contributed by atoms with Crippen molar-refractivity contribution in [3.05, 3.63) is 66.6 Å². The first kappa shape index (κ1) is 33.1. The van der Waals surface area contributed by atoms with Crippen LogP contribution in [0, 0.1) is 11.3 Å². The van der Waals surface area contributed by atoms with Crippen LogP contribution in [0.2, 0.25) is 0 Å². The van der Waals surface area contributed by atoms with Gasteiger partial charge in [0.15, 0.2) is 0 Å². The van der Waals surface area contributed by atoms with Gasteiger partial charge in [0.25, 0.3) is 5.88 Å². The van der Waals surface area contributed by atoms with Gasteiger partial charge in [-0.25, -0.2) is 14.6 Å². The number of rotatable bonds is 13. The molecule has 1 aliphatic carbocycles. The van der Waals surface area contributed by atoms with Crippen molar-refractivity contribution in [2.45, 2.75) is 63.8 Å². The molecule has 0 spiro atoms. The maximum atomic E-state index is 9.68. The standard InChI is InChI=1S/C34H41N13O3/c1-24(21-46-23-38-42-43-46)50-32-17-25(3-4-26(32)18-35)27-19-36-34(37-20-27)39-31-22-47(41-33(31)49-14-10-28-9-11-44(2)40-28)30-7-5-29(6-8-30)45-12-15-48-16-13-45/h3-4,9,11,17,19-20,22-24,29-30H,5-8,10,12-16,21H2,1-2H3,(H,36,37,39)/t24-,29-,30-/m0/s1. The van der Waals surface area contributed by atoms with Gasteiger partial charge in [-0.1, -0.05) is 6.07 Å². The summed E-state index contributed by atoms with van der Waals surface area (Å²) in [5.41, 5.74) is 3.69. The molecule has 1 atom stereocenters. The molecule has 0 unspecified atom stereocenters. The highest BCUT2D eigenvalue weighted by atomic mass is 16.5. The molecule has 1 aliphatic heterocycles. The number of aromatic nitrogens is 10. The number of anilines is 2. The SMILES string of the molecule is C[C@@H](Cn1cnnn1)Oc1cc(-c2cnc(Nc3cn([C@H]4CC[C@H](N5CCOCC5)CC4)nc3OCCc3ccn(C)n3)nc2)ccc1C#N. The van der Waals surface area contributed by atoms with Gasteiger partial charge in [-0.3, -0.25) is 14.3 Å². The molecule has 2 fully saturated rings. The lowest BCUT2D eigenvalue weighted by molar-refractivity contribution is 0.00503. The van der Waals surface area contributed by atoms with E-state index in [4.69, 9.17) is 19.3 Å². The zero-order valence-electron chi connectivity index (χ0n) is 28.3. The summed E-state index contributed by atoms with van der Waals surface area (Å²) in [5.74, 6) is 1.39. The topological polar surface area (TPSA) is 172 Å². The fraction of sp³-hybridized carbons (Fsp3) is 0.471. The van der Waals surface area contributed by atoms with E-state index in [0.717, 1.165) is 68.8 Å². The molecule has 1 saturated heterocycles. The van der Waals surface area contributed by atoms with Gasteiger partial charge in [0.2, 0.25) is 5.95 Å². The number of nitriles is 1. The molecule has 0 amide bonds. The average Bonchev–Trinajstić information content (AvgIpc) is 3.91. The number of morpholine rings is 1. The predicted molar refractivity (Wildman–Crippen MR) is 182 cm³/mol. The van der Waals surface area contributed by atoms with E-state index in [1.807, 2.05) is 49.2 Å². The van der Waals surface area contributed by atoms with Crippen LogP contribution in [-0.2, 0) is 24.8 Å². The van der Waals surface area contributed by atoms with Gasteiger partial charge >= 0.3 is 0 Å². The summed E-state index contributed by atoms with van der Waals surface area (Å²) in [6, 6.07) is 10.5. The molecule has 50 heavy (non-hydrogen) atoms.